The molecule has 0 fully saturated rings. The normalized spacial score (nSPS) is 11.0. The lowest BCUT2D eigenvalue weighted by Crippen LogP contribution is -1.93. The van der Waals surface area contributed by atoms with E-state index in [-0.39, 0.29) is 10.6 Å². The minimum Gasteiger partial charge on any atom is -0.398 e. The molecule has 1 aromatic heterocycles. The van der Waals surface area contributed by atoms with Crippen molar-refractivity contribution in [1.82, 2.24) is 5.16 Å². The number of aryl methyl sites for hydroxylation is 2. The van der Waals surface area contributed by atoms with Crippen LogP contribution in [0.25, 0.3) is 11.1 Å². The Morgan fingerprint density at radius 2 is 2.00 bits per heavy atom. The van der Waals surface area contributed by atoms with Crippen molar-refractivity contribution in [3.63, 3.8) is 0 Å². The fourth-order valence-corrected chi connectivity index (χ4v) is 2.28. The Balaban J connectivity index is 2.66. The zero-order valence-corrected chi connectivity index (χ0v) is 10.3. The molecule has 0 unspecified atom stereocenters. The Labute approximate surface area is 100 Å². The lowest BCUT2D eigenvalue weighted by atomic mass is 10.0. The van der Waals surface area contributed by atoms with Crippen molar-refractivity contribution in [2.75, 3.05) is 5.73 Å². The average molecular weight is 252 g/mol. The van der Waals surface area contributed by atoms with Gasteiger partial charge in [-0.1, -0.05) is 11.2 Å². The topological polar surface area (TPSA) is 86.2 Å². The number of benzene rings is 1. The predicted molar refractivity (Wildman–Crippen MR) is 64.4 cm³/mol. The molecular weight excluding hydrogens is 240 g/mol. The highest BCUT2D eigenvalue weighted by atomic mass is 32.2. The first-order valence-corrected chi connectivity index (χ1v) is 6.15. The highest BCUT2D eigenvalue weighted by molar-refractivity contribution is 7.72. The van der Waals surface area contributed by atoms with E-state index < -0.39 is 10.7 Å². The Morgan fingerprint density at radius 1 is 1.29 bits per heavy atom. The van der Waals surface area contributed by atoms with Gasteiger partial charge in [0.2, 0.25) is 0 Å². The summed E-state index contributed by atoms with van der Waals surface area (Å²) in [5.41, 5.74) is 8.11. The van der Waals surface area contributed by atoms with Gasteiger partial charge in [-0.2, -0.15) is 0 Å². The van der Waals surface area contributed by atoms with Crippen LogP contribution in [-0.2, 0) is 10.7 Å². The van der Waals surface area contributed by atoms with Crippen LogP contribution in [0.3, 0.4) is 0 Å². The first-order chi connectivity index (χ1) is 8.00. The molecule has 0 saturated heterocycles. The highest BCUT2D eigenvalue weighted by Crippen LogP contribution is 2.29. The maximum atomic E-state index is 11.0. The third-order valence-corrected chi connectivity index (χ3v) is 3.33. The van der Waals surface area contributed by atoms with Crippen molar-refractivity contribution in [2.45, 2.75) is 18.7 Å². The molecule has 90 valence electrons. The van der Waals surface area contributed by atoms with Gasteiger partial charge in [-0.25, -0.2) is 8.42 Å². The number of aromatic nitrogens is 1. The van der Waals surface area contributed by atoms with E-state index in [1.165, 1.54) is 6.07 Å². The van der Waals surface area contributed by atoms with Crippen molar-refractivity contribution < 1.29 is 12.9 Å². The summed E-state index contributed by atoms with van der Waals surface area (Å²) in [7, 11) is -2.70. The van der Waals surface area contributed by atoms with Gasteiger partial charge in [0.15, 0.2) is 10.7 Å². The SMILES string of the molecule is Cc1noc(C)c1-c1ccc(N)c([SH](=O)=O)c1. The molecule has 0 spiro atoms. The third-order valence-electron chi connectivity index (χ3n) is 2.55. The smallest absolute Gasteiger partial charge is 0.170 e. The minimum atomic E-state index is -2.70. The zero-order chi connectivity index (χ0) is 12.6. The van der Waals surface area contributed by atoms with E-state index in [1.54, 1.807) is 26.0 Å². The van der Waals surface area contributed by atoms with Crippen LogP contribution in [0.5, 0.6) is 0 Å². The van der Waals surface area contributed by atoms with Crippen LogP contribution in [0.15, 0.2) is 27.6 Å². The number of nitrogens with two attached hydrogens (primary N) is 1. The van der Waals surface area contributed by atoms with Gasteiger partial charge < -0.3 is 10.3 Å². The van der Waals surface area contributed by atoms with Crippen molar-refractivity contribution in [3.05, 3.63) is 29.7 Å². The Bertz CT molecular complexity index is 617. The molecule has 0 aliphatic heterocycles. The van der Waals surface area contributed by atoms with Crippen LogP contribution in [0.2, 0.25) is 0 Å². The molecular formula is C11H12N2O3S. The van der Waals surface area contributed by atoms with Crippen molar-refractivity contribution in [1.29, 1.82) is 0 Å². The summed E-state index contributed by atoms with van der Waals surface area (Å²) in [5.74, 6) is 0.652. The number of rotatable bonds is 2. The molecule has 0 bridgehead atoms. The van der Waals surface area contributed by atoms with E-state index in [0.717, 1.165) is 16.8 Å². The van der Waals surface area contributed by atoms with Crippen LogP contribution < -0.4 is 5.73 Å². The second-order valence-corrected chi connectivity index (χ2v) is 4.73. The summed E-state index contributed by atoms with van der Waals surface area (Å²) < 4.78 is 27.1. The third kappa shape index (κ3) is 2.03. The van der Waals surface area contributed by atoms with E-state index in [4.69, 9.17) is 10.3 Å². The van der Waals surface area contributed by atoms with E-state index in [9.17, 15) is 8.42 Å². The van der Waals surface area contributed by atoms with E-state index >= 15 is 0 Å². The lowest BCUT2D eigenvalue weighted by Gasteiger charge is -2.03. The van der Waals surface area contributed by atoms with Crippen LogP contribution in [0.1, 0.15) is 11.5 Å². The number of hydrogen-bond donors (Lipinski definition) is 2. The quantitative estimate of drug-likeness (QED) is 0.625. The second-order valence-electron chi connectivity index (χ2n) is 3.73. The van der Waals surface area contributed by atoms with Gasteiger partial charge in [0, 0.05) is 5.56 Å². The van der Waals surface area contributed by atoms with Crippen LogP contribution in [0, 0.1) is 13.8 Å². The van der Waals surface area contributed by atoms with Crippen molar-refractivity contribution in [3.8, 4) is 11.1 Å². The largest absolute Gasteiger partial charge is 0.398 e. The number of nitrogens with zero attached hydrogens (tertiary/aromatic N) is 1. The number of thiol groups is 1. The average Bonchev–Trinajstić information content (AvgIpc) is 2.59. The summed E-state index contributed by atoms with van der Waals surface area (Å²) in [6.45, 7) is 3.58. The van der Waals surface area contributed by atoms with Crippen molar-refractivity contribution >= 4 is 16.4 Å². The van der Waals surface area contributed by atoms with Gasteiger partial charge in [-0.05, 0) is 31.5 Å². The van der Waals surface area contributed by atoms with Crippen LogP contribution in [0.4, 0.5) is 5.69 Å². The molecule has 0 aliphatic carbocycles. The summed E-state index contributed by atoms with van der Waals surface area (Å²) >= 11 is 0. The fourth-order valence-electron chi connectivity index (χ4n) is 1.75. The van der Waals surface area contributed by atoms with Crippen molar-refractivity contribution in [2.24, 2.45) is 0 Å². The first-order valence-electron chi connectivity index (χ1n) is 4.98. The van der Waals surface area contributed by atoms with Gasteiger partial charge in [0.05, 0.1) is 16.3 Å². The van der Waals surface area contributed by atoms with E-state index in [0.29, 0.717) is 5.76 Å². The molecule has 0 radical (unpaired) electrons. The van der Waals surface area contributed by atoms with Gasteiger partial charge in [-0.15, -0.1) is 0 Å². The van der Waals surface area contributed by atoms with Gasteiger partial charge in [-0.3, -0.25) is 0 Å². The molecule has 1 aromatic carbocycles. The zero-order valence-electron chi connectivity index (χ0n) is 9.43. The Kier molecular flexibility index (Phi) is 2.89. The fraction of sp³-hybridized carbons (Fsp3) is 0.182. The molecule has 5 nitrogen and oxygen atoms in total. The number of nitrogen functional groups attached to an aromatic ring is 1. The molecule has 17 heavy (non-hydrogen) atoms. The van der Waals surface area contributed by atoms with Gasteiger partial charge >= 0.3 is 0 Å². The number of hydrogen-bond acceptors (Lipinski definition) is 5. The summed E-state index contributed by atoms with van der Waals surface area (Å²) in [4.78, 5) is 0.123. The monoisotopic (exact) mass is 252 g/mol. The predicted octanol–water partition coefficient (Wildman–Crippen LogP) is 1.51. The molecule has 0 saturated carbocycles. The Morgan fingerprint density at radius 3 is 2.53 bits per heavy atom. The maximum absolute atomic E-state index is 11.0. The Hall–Kier alpha value is -1.82. The molecule has 1 heterocycles. The van der Waals surface area contributed by atoms with Crippen LogP contribution in [-0.4, -0.2) is 13.6 Å². The summed E-state index contributed by atoms with van der Waals surface area (Å²) in [6.07, 6.45) is 0. The van der Waals surface area contributed by atoms with E-state index in [1.807, 2.05) is 0 Å². The molecule has 0 aliphatic rings. The minimum absolute atomic E-state index is 0.123. The molecule has 0 amide bonds. The first kappa shape index (κ1) is 11.7. The molecule has 2 N–H and O–H groups in total. The summed E-state index contributed by atoms with van der Waals surface area (Å²) in [6, 6.07) is 4.86. The number of anilines is 1. The molecule has 2 aromatic rings. The summed E-state index contributed by atoms with van der Waals surface area (Å²) in [5, 5.41) is 3.83. The maximum Gasteiger partial charge on any atom is 0.170 e. The highest BCUT2D eigenvalue weighted by Gasteiger charge is 2.13. The standard InChI is InChI=1S/C11H12N2O3S/c1-6-11(7(2)16-13-6)8-3-4-9(12)10(5-8)17(14)15/h3-5,17H,12H2,1-2H3. The second kappa shape index (κ2) is 4.21. The van der Waals surface area contributed by atoms with E-state index in [2.05, 4.69) is 5.16 Å². The lowest BCUT2D eigenvalue weighted by molar-refractivity contribution is 0.393. The van der Waals surface area contributed by atoms with Crippen LogP contribution >= 0.6 is 0 Å². The van der Waals surface area contributed by atoms with Gasteiger partial charge in [0.1, 0.15) is 5.76 Å². The molecule has 6 heteroatoms. The van der Waals surface area contributed by atoms with Gasteiger partial charge in [0.25, 0.3) is 0 Å². The molecule has 0 atom stereocenters. The molecule has 2 rings (SSSR count).